The van der Waals surface area contributed by atoms with E-state index >= 15 is 0 Å². The van der Waals surface area contributed by atoms with Crippen molar-refractivity contribution in [3.63, 3.8) is 0 Å². The summed E-state index contributed by atoms with van der Waals surface area (Å²) in [6.45, 7) is 8.34. The summed E-state index contributed by atoms with van der Waals surface area (Å²) in [4.78, 5) is 0. The van der Waals surface area contributed by atoms with Crippen molar-refractivity contribution in [2.45, 2.75) is 26.7 Å². The van der Waals surface area contributed by atoms with Crippen molar-refractivity contribution in [2.24, 2.45) is 11.8 Å². The molecule has 0 heteroatoms. The molecule has 0 fully saturated rings. The van der Waals surface area contributed by atoms with E-state index in [9.17, 15) is 0 Å². The van der Waals surface area contributed by atoms with Crippen molar-refractivity contribution in [3.05, 3.63) is 24.3 Å². The summed E-state index contributed by atoms with van der Waals surface area (Å²) in [5.41, 5.74) is 1.31. The average Bonchev–Trinajstić information content (AvgIpc) is 1.88. The Hall–Kier alpha value is -0.520. The zero-order valence-corrected chi connectivity index (χ0v) is 6.93. The Balaban J connectivity index is 2.53. The van der Waals surface area contributed by atoms with Crippen LogP contribution in [-0.4, -0.2) is 0 Å². The molecule has 56 valence electrons. The predicted octanol–water partition coefficient (Wildman–Crippen LogP) is 3.16. The minimum atomic E-state index is 0.663. The van der Waals surface area contributed by atoms with Crippen molar-refractivity contribution in [3.8, 4) is 0 Å². The maximum atomic E-state index is 3.95. The lowest BCUT2D eigenvalue weighted by Crippen LogP contribution is -2.06. The zero-order chi connectivity index (χ0) is 7.56. The van der Waals surface area contributed by atoms with Crippen LogP contribution in [0, 0.1) is 11.8 Å². The molecule has 1 aliphatic carbocycles. The van der Waals surface area contributed by atoms with Crippen LogP contribution in [0.25, 0.3) is 0 Å². The van der Waals surface area contributed by atoms with Crippen molar-refractivity contribution in [1.29, 1.82) is 0 Å². The third-order valence-electron chi connectivity index (χ3n) is 2.24. The SMILES string of the molecule is C=C(C)[C@@H]1C=C[C@@H](C)CC1. The van der Waals surface area contributed by atoms with Crippen LogP contribution < -0.4 is 0 Å². The average molecular weight is 136 g/mol. The molecule has 0 aliphatic heterocycles. The molecule has 0 spiro atoms. The van der Waals surface area contributed by atoms with Gasteiger partial charge < -0.3 is 0 Å². The van der Waals surface area contributed by atoms with E-state index in [2.05, 4.69) is 32.6 Å². The van der Waals surface area contributed by atoms with Crippen LogP contribution >= 0.6 is 0 Å². The Morgan fingerprint density at radius 2 is 2.10 bits per heavy atom. The van der Waals surface area contributed by atoms with Crippen LogP contribution in [0.15, 0.2) is 24.3 Å². The summed E-state index contributed by atoms with van der Waals surface area (Å²) in [7, 11) is 0. The normalized spacial score (nSPS) is 32.2. The van der Waals surface area contributed by atoms with Gasteiger partial charge in [0.25, 0.3) is 0 Å². The van der Waals surface area contributed by atoms with Gasteiger partial charge in [0.2, 0.25) is 0 Å². The molecule has 0 saturated heterocycles. The summed E-state index contributed by atoms with van der Waals surface area (Å²) >= 11 is 0. The van der Waals surface area contributed by atoms with Gasteiger partial charge in [-0.15, -0.1) is 0 Å². The standard InChI is InChI=1S/C10H16/c1-8(2)10-6-4-9(3)5-7-10/h4,6,9-10H,1,5,7H2,2-3H3/t9-,10-/m1/s1. The van der Waals surface area contributed by atoms with Gasteiger partial charge in [-0.2, -0.15) is 0 Å². The van der Waals surface area contributed by atoms with Gasteiger partial charge in [0.15, 0.2) is 0 Å². The minimum Gasteiger partial charge on any atom is -0.0995 e. The summed E-state index contributed by atoms with van der Waals surface area (Å²) in [5, 5.41) is 0. The topological polar surface area (TPSA) is 0 Å². The van der Waals surface area contributed by atoms with E-state index in [1.807, 2.05) is 0 Å². The second-order valence-electron chi connectivity index (χ2n) is 3.39. The summed E-state index contributed by atoms with van der Waals surface area (Å²) < 4.78 is 0. The molecular weight excluding hydrogens is 120 g/mol. The highest BCUT2D eigenvalue weighted by molar-refractivity contribution is 5.10. The van der Waals surface area contributed by atoms with Gasteiger partial charge in [-0.3, -0.25) is 0 Å². The quantitative estimate of drug-likeness (QED) is 0.486. The first-order valence-corrected chi connectivity index (χ1v) is 4.04. The molecule has 0 amide bonds. The fourth-order valence-electron chi connectivity index (χ4n) is 1.37. The van der Waals surface area contributed by atoms with Gasteiger partial charge in [0.1, 0.15) is 0 Å². The molecule has 0 nitrogen and oxygen atoms in total. The van der Waals surface area contributed by atoms with Gasteiger partial charge in [-0.25, -0.2) is 0 Å². The van der Waals surface area contributed by atoms with Crippen LogP contribution in [-0.2, 0) is 0 Å². The highest BCUT2D eigenvalue weighted by Gasteiger charge is 2.11. The summed E-state index contributed by atoms with van der Waals surface area (Å²) in [5.74, 6) is 1.45. The number of hydrogen-bond acceptors (Lipinski definition) is 0. The van der Waals surface area contributed by atoms with Gasteiger partial charge in [-0.1, -0.05) is 31.2 Å². The van der Waals surface area contributed by atoms with Gasteiger partial charge >= 0.3 is 0 Å². The summed E-state index contributed by atoms with van der Waals surface area (Å²) in [6, 6.07) is 0. The van der Waals surface area contributed by atoms with Crippen LogP contribution in [0.2, 0.25) is 0 Å². The van der Waals surface area contributed by atoms with E-state index < -0.39 is 0 Å². The number of allylic oxidation sites excluding steroid dienone is 3. The molecule has 0 aromatic rings. The van der Waals surface area contributed by atoms with E-state index in [0.29, 0.717) is 5.92 Å². The first-order valence-electron chi connectivity index (χ1n) is 4.04. The second-order valence-corrected chi connectivity index (χ2v) is 3.39. The fourth-order valence-corrected chi connectivity index (χ4v) is 1.37. The van der Waals surface area contributed by atoms with Crippen molar-refractivity contribution in [2.75, 3.05) is 0 Å². The Bertz CT molecular complexity index is 153. The Labute approximate surface area is 63.6 Å². The molecule has 0 unspecified atom stereocenters. The van der Waals surface area contributed by atoms with E-state index in [1.54, 1.807) is 0 Å². The minimum absolute atomic E-state index is 0.663. The smallest absolute Gasteiger partial charge is 0.00284 e. The van der Waals surface area contributed by atoms with Crippen molar-refractivity contribution < 1.29 is 0 Å². The number of rotatable bonds is 1. The van der Waals surface area contributed by atoms with Crippen LogP contribution in [0.4, 0.5) is 0 Å². The summed E-state index contributed by atoms with van der Waals surface area (Å²) in [6.07, 6.45) is 7.24. The van der Waals surface area contributed by atoms with E-state index in [1.165, 1.54) is 18.4 Å². The fraction of sp³-hybridized carbons (Fsp3) is 0.600. The molecule has 10 heavy (non-hydrogen) atoms. The van der Waals surface area contributed by atoms with Gasteiger partial charge in [0, 0.05) is 0 Å². The molecule has 0 aromatic heterocycles. The van der Waals surface area contributed by atoms with Crippen molar-refractivity contribution >= 4 is 0 Å². The second kappa shape index (κ2) is 3.05. The van der Waals surface area contributed by atoms with E-state index in [0.717, 1.165) is 5.92 Å². The maximum Gasteiger partial charge on any atom is -0.00284 e. The van der Waals surface area contributed by atoms with Gasteiger partial charge in [0.05, 0.1) is 0 Å². The van der Waals surface area contributed by atoms with Gasteiger partial charge in [-0.05, 0) is 31.6 Å². The third kappa shape index (κ3) is 1.73. The lowest BCUT2D eigenvalue weighted by molar-refractivity contribution is 0.517. The van der Waals surface area contributed by atoms with E-state index in [4.69, 9.17) is 0 Å². The molecule has 0 radical (unpaired) electrons. The van der Waals surface area contributed by atoms with Crippen molar-refractivity contribution in [1.82, 2.24) is 0 Å². The highest BCUT2D eigenvalue weighted by Crippen LogP contribution is 2.25. The molecule has 0 aromatic carbocycles. The highest BCUT2D eigenvalue weighted by atomic mass is 14.2. The van der Waals surface area contributed by atoms with Crippen LogP contribution in [0.3, 0.4) is 0 Å². The predicted molar refractivity (Wildman–Crippen MR) is 45.8 cm³/mol. The Morgan fingerprint density at radius 3 is 2.50 bits per heavy atom. The molecule has 0 heterocycles. The molecule has 1 rings (SSSR count). The number of hydrogen-bond donors (Lipinski definition) is 0. The molecule has 0 saturated carbocycles. The molecule has 0 N–H and O–H groups in total. The Morgan fingerprint density at radius 1 is 1.40 bits per heavy atom. The first kappa shape index (κ1) is 7.59. The lowest BCUT2D eigenvalue weighted by Gasteiger charge is -2.19. The lowest BCUT2D eigenvalue weighted by atomic mass is 9.86. The van der Waals surface area contributed by atoms with Crippen LogP contribution in [0.1, 0.15) is 26.7 Å². The largest absolute Gasteiger partial charge is 0.0995 e. The maximum absolute atomic E-state index is 3.95. The third-order valence-corrected chi connectivity index (χ3v) is 2.24. The first-order chi connectivity index (χ1) is 4.70. The molecular formula is C10H16. The molecule has 1 aliphatic rings. The van der Waals surface area contributed by atoms with E-state index in [-0.39, 0.29) is 0 Å². The van der Waals surface area contributed by atoms with Crippen LogP contribution in [0.5, 0.6) is 0 Å². The molecule has 0 bridgehead atoms. The monoisotopic (exact) mass is 136 g/mol. The molecule has 2 atom stereocenters. The zero-order valence-electron chi connectivity index (χ0n) is 6.93. The Kier molecular flexibility index (Phi) is 2.31.